The Morgan fingerprint density at radius 2 is 1.11 bits per heavy atom. The highest BCUT2D eigenvalue weighted by Crippen LogP contribution is 2.45. The van der Waals surface area contributed by atoms with Crippen LogP contribution in [0.25, 0.3) is 32.9 Å². The summed E-state index contributed by atoms with van der Waals surface area (Å²) < 4.78 is 2.30. The van der Waals surface area contributed by atoms with Crippen LogP contribution < -0.4 is 9.80 Å². The van der Waals surface area contributed by atoms with E-state index in [2.05, 4.69) is 215 Å². The quantitative estimate of drug-likeness (QED) is 0.165. The summed E-state index contributed by atoms with van der Waals surface area (Å²) >= 11 is 0. The van der Waals surface area contributed by atoms with Crippen molar-refractivity contribution in [2.45, 2.75) is 24.9 Å². The molecule has 262 valence electrons. The fourth-order valence-electron chi connectivity index (χ4n) is 9.00. The Balaban J connectivity index is 1.01. The van der Waals surface area contributed by atoms with E-state index in [1.807, 2.05) is 0 Å². The Morgan fingerprint density at radius 1 is 0.481 bits per heavy atom. The first kappa shape index (κ1) is 32.3. The highest BCUT2D eigenvalue weighted by molar-refractivity contribution is 6.09. The second kappa shape index (κ2) is 13.2. The van der Waals surface area contributed by atoms with Crippen LogP contribution in [0.15, 0.2) is 199 Å². The van der Waals surface area contributed by atoms with Crippen molar-refractivity contribution in [3.63, 3.8) is 0 Å². The van der Waals surface area contributed by atoms with E-state index in [1.54, 1.807) is 0 Å². The second-order valence-corrected chi connectivity index (χ2v) is 14.7. The lowest BCUT2D eigenvalue weighted by molar-refractivity contribution is 0.259. The zero-order valence-corrected chi connectivity index (χ0v) is 30.7. The summed E-state index contributed by atoms with van der Waals surface area (Å²) in [5.74, 6) is 0. The SMILES string of the molecule is CN1C2CC=CC=C2C2=CC=C(N(c3ccccc3)c3cccc(-c4ccc(N(c5ccccc5)c5ccc6c7ccccc7n(C)c6c5)cc4)c3)CC21. The molecule has 2 heterocycles. The summed E-state index contributed by atoms with van der Waals surface area (Å²) in [5, 5.41) is 2.55. The number of fused-ring (bicyclic) bond motifs is 6. The van der Waals surface area contributed by atoms with E-state index < -0.39 is 0 Å². The minimum absolute atomic E-state index is 0.372. The van der Waals surface area contributed by atoms with Crippen molar-refractivity contribution in [2.24, 2.45) is 7.05 Å². The van der Waals surface area contributed by atoms with E-state index in [0.29, 0.717) is 12.1 Å². The molecule has 0 bridgehead atoms. The third kappa shape index (κ3) is 5.41. The molecule has 0 amide bonds. The van der Waals surface area contributed by atoms with Gasteiger partial charge in [0.2, 0.25) is 0 Å². The maximum Gasteiger partial charge on any atom is 0.0509 e. The van der Waals surface area contributed by atoms with Crippen molar-refractivity contribution in [1.82, 2.24) is 9.47 Å². The van der Waals surface area contributed by atoms with Gasteiger partial charge in [-0.2, -0.15) is 0 Å². The van der Waals surface area contributed by atoms with Crippen LogP contribution in [0.3, 0.4) is 0 Å². The molecule has 0 N–H and O–H groups in total. The molecule has 0 radical (unpaired) electrons. The number of hydrogen-bond acceptors (Lipinski definition) is 3. The van der Waals surface area contributed by atoms with Crippen molar-refractivity contribution < 1.29 is 0 Å². The normalized spacial score (nSPS) is 17.9. The average Bonchev–Trinajstić information content (AvgIpc) is 3.68. The van der Waals surface area contributed by atoms with Crippen LogP contribution in [0, 0.1) is 0 Å². The molecule has 7 aromatic rings. The summed E-state index contributed by atoms with van der Waals surface area (Å²) in [5.41, 5.74) is 14.8. The van der Waals surface area contributed by atoms with Crippen LogP contribution in [0.4, 0.5) is 28.4 Å². The molecule has 54 heavy (non-hydrogen) atoms. The van der Waals surface area contributed by atoms with Gasteiger partial charge < -0.3 is 14.4 Å². The van der Waals surface area contributed by atoms with E-state index >= 15 is 0 Å². The average molecular weight is 699 g/mol. The fraction of sp³-hybridized carbons (Fsp3) is 0.120. The van der Waals surface area contributed by atoms with Crippen LogP contribution >= 0.6 is 0 Å². The number of rotatable bonds is 7. The van der Waals surface area contributed by atoms with Gasteiger partial charge in [0.05, 0.1) is 5.52 Å². The number of nitrogens with zero attached hydrogens (tertiary/aromatic N) is 4. The van der Waals surface area contributed by atoms with Crippen molar-refractivity contribution in [3.05, 3.63) is 199 Å². The van der Waals surface area contributed by atoms with E-state index in [1.165, 1.54) is 61.2 Å². The van der Waals surface area contributed by atoms with Gasteiger partial charge in [0.25, 0.3) is 0 Å². The number of benzene rings is 6. The number of para-hydroxylation sites is 3. The molecule has 1 aromatic heterocycles. The monoisotopic (exact) mass is 698 g/mol. The summed E-state index contributed by atoms with van der Waals surface area (Å²) in [7, 11) is 4.46. The van der Waals surface area contributed by atoms with Crippen molar-refractivity contribution >= 4 is 50.2 Å². The number of likely N-dealkylation sites (N-methyl/N-ethyl adjacent to an activating group) is 1. The molecule has 6 aromatic carbocycles. The molecule has 0 saturated carbocycles. The van der Waals surface area contributed by atoms with Gasteiger partial charge in [-0.05, 0) is 109 Å². The smallest absolute Gasteiger partial charge is 0.0509 e. The highest BCUT2D eigenvalue weighted by atomic mass is 15.2. The Hall–Kier alpha value is -6.36. The molecule has 0 spiro atoms. The Morgan fingerprint density at radius 3 is 1.91 bits per heavy atom. The number of aromatic nitrogens is 1. The molecule has 1 saturated heterocycles. The maximum absolute atomic E-state index is 2.58. The zero-order chi connectivity index (χ0) is 36.2. The van der Waals surface area contributed by atoms with Gasteiger partial charge in [0.1, 0.15) is 0 Å². The summed E-state index contributed by atoms with van der Waals surface area (Å²) in [6, 6.07) is 55.9. The van der Waals surface area contributed by atoms with E-state index in [4.69, 9.17) is 0 Å². The van der Waals surface area contributed by atoms with E-state index in [-0.39, 0.29) is 0 Å². The molecule has 2 unspecified atom stereocenters. The molecule has 2 atom stereocenters. The van der Waals surface area contributed by atoms with Crippen LogP contribution in [0.2, 0.25) is 0 Å². The molecule has 3 aliphatic rings. The third-order valence-corrected chi connectivity index (χ3v) is 11.7. The van der Waals surface area contributed by atoms with Crippen molar-refractivity contribution in [2.75, 3.05) is 16.8 Å². The van der Waals surface area contributed by atoms with Crippen LogP contribution in [-0.4, -0.2) is 28.6 Å². The summed E-state index contributed by atoms with van der Waals surface area (Å²) in [4.78, 5) is 7.38. The fourth-order valence-corrected chi connectivity index (χ4v) is 9.00. The Kier molecular flexibility index (Phi) is 7.92. The van der Waals surface area contributed by atoms with Gasteiger partial charge in [-0.25, -0.2) is 0 Å². The Bertz CT molecular complexity index is 2640. The molecule has 2 aliphatic carbocycles. The first-order chi connectivity index (χ1) is 26.6. The third-order valence-electron chi connectivity index (χ3n) is 11.7. The number of allylic oxidation sites excluding steroid dienone is 4. The summed E-state index contributed by atoms with van der Waals surface area (Å²) in [6.07, 6.45) is 13.6. The molecular weight excluding hydrogens is 657 g/mol. The zero-order valence-electron chi connectivity index (χ0n) is 30.7. The number of likely N-dealkylation sites (tertiary alicyclic amines) is 1. The van der Waals surface area contributed by atoms with Gasteiger partial charge in [0.15, 0.2) is 0 Å². The maximum atomic E-state index is 2.58. The minimum atomic E-state index is 0.372. The van der Waals surface area contributed by atoms with Crippen LogP contribution in [-0.2, 0) is 7.05 Å². The lowest BCUT2D eigenvalue weighted by Crippen LogP contribution is -2.35. The first-order valence-electron chi connectivity index (χ1n) is 19.0. The predicted molar refractivity (Wildman–Crippen MR) is 227 cm³/mol. The first-order valence-corrected chi connectivity index (χ1v) is 19.0. The second-order valence-electron chi connectivity index (χ2n) is 14.7. The van der Waals surface area contributed by atoms with Crippen LogP contribution in [0.5, 0.6) is 0 Å². The van der Waals surface area contributed by atoms with Crippen molar-refractivity contribution in [1.29, 1.82) is 0 Å². The molecule has 10 rings (SSSR count). The molecule has 1 fully saturated rings. The largest absolute Gasteiger partial charge is 0.344 e. The number of hydrogen-bond donors (Lipinski definition) is 0. The van der Waals surface area contributed by atoms with E-state index in [0.717, 1.165) is 29.9 Å². The van der Waals surface area contributed by atoms with Crippen molar-refractivity contribution in [3.8, 4) is 11.1 Å². The molecule has 1 aliphatic heterocycles. The van der Waals surface area contributed by atoms with Gasteiger partial charge in [-0.15, -0.1) is 0 Å². The molecular formula is C50H42N4. The van der Waals surface area contributed by atoms with Gasteiger partial charge in [0, 0.05) is 76.0 Å². The number of anilines is 5. The molecule has 4 nitrogen and oxygen atoms in total. The summed E-state index contributed by atoms with van der Waals surface area (Å²) in [6.45, 7) is 0. The Labute approximate surface area is 317 Å². The standard InChI is InChI=1S/C50H42N4/c1-51-47-22-11-9-20-43(47)45-30-28-41(33-49(45)51)53(37-15-5-3-6-16-37)39-26-24-35(25-27-39)36-14-13-19-40(32-36)54(38-17-7-4-8-18-38)42-29-31-46-44-21-10-12-23-48(44)52(2)50(46)34-42/h3-22,24-33,48,50H,23,34H2,1-2H3. The van der Waals surface area contributed by atoms with Gasteiger partial charge in [-0.3, -0.25) is 4.90 Å². The minimum Gasteiger partial charge on any atom is -0.344 e. The van der Waals surface area contributed by atoms with Crippen LogP contribution in [0.1, 0.15) is 12.8 Å². The highest BCUT2D eigenvalue weighted by Gasteiger charge is 2.40. The molecule has 4 heteroatoms. The lowest BCUT2D eigenvalue weighted by Gasteiger charge is -2.34. The topological polar surface area (TPSA) is 14.7 Å². The van der Waals surface area contributed by atoms with Gasteiger partial charge >= 0.3 is 0 Å². The van der Waals surface area contributed by atoms with Gasteiger partial charge in [-0.1, -0.05) is 109 Å². The predicted octanol–water partition coefficient (Wildman–Crippen LogP) is 12.4. The number of aryl methyl sites for hydroxylation is 1. The van der Waals surface area contributed by atoms with E-state index in [9.17, 15) is 0 Å². The lowest BCUT2D eigenvalue weighted by atomic mass is 9.90.